The molecule has 0 radical (unpaired) electrons. The molecule has 0 aliphatic carbocycles. The van der Waals surface area contributed by atoms with E-state index < -0.39 is 11.5 Å². The number of benzene rings is 3. The van der Waals surface area contributed by atoms with E-state index in [1.165, 1.54) is 5.56 Å². The number of nitrogens with two attached hydrogens (primary N) is 1. The zero-order valence-electron chi connectivity index (χ0n) is 18.3. The molecule has 5 nitrogen and oxygen atoms in total. The van der Waals surface area contributed by atoms with Crippen LogP contribution in [0.5, 0.6) is 0 Å². The quantitative estimate of drug-likeness (QED) is 0.653. The molecule has 5 heteroatoms. The highest BCUT2D eigenvalue weighted by atomic mass is 16.5. The lowest BCUT2D eigenvalue weighted by Gasteiger charge is -2.41. The third kappa shape index (κ3) is 4.89. The zero-order chi connectivity index (χ0) is 22.6. The van der Waals surface area contributed by atoms with E-state index in [-0.39, 0.29) is 19.1 Å². The molecule has 3 aromatic carbocycles. The van der Waals surface area contributed by atoms with Crippen molar-refractivity contribution in [3.05, 3.63) is 95.6 Å². The predicted octanol–water partition coefficient (Wildman–Crippen LogP) is 3.53. The molecule has 2 N–H and O–H groups in total. The molecule has 1 aliphatic rings. The largest absolute Gasteiger partial charge is 0.367 e. The molecule has 0 spiro atoms. The molecule has 3 aromatic rings. The number of morpholine rings is 1. The van der Waals surface area contributed by atoms with Gasteiger partial charge in [-0.25, -0.2) is 0 Å². The topological polar surface area (TPSA) is 72.6 Å². The molecule has 1 heterocycles. The number of amides is 2. The number of carbonyl (C=O) groups is 2. The van der Waals surface area contributed by atoms with Crippen LogP contribution in [-0.4, -0.2) is 42.0 Å². The maximum absolute atomic E-state index is 12.9. The number of nitrogens with zero attached hydrogens (tertiary/aromatic N) is 1. The molecule has 0 aromatic heterocycles. The highest BCUT2D eigenvalue weighted by Crippen LogP contribution is 2.26. The fraction of sp³-hybridized carbons (Fsp3) is 0.259. The summed E-state index contributed by atoms with van der Waals surface area (Å²) >= 11 is 0. The van der Waals surface area contributed by atoms with E-state index in [1.807, 2.05) is 60.7 Å². The number of ether oxygens (including phenoxy) is 1. The maximum Gasteiger partial charge on any atom is 0.251 e. The Morgan fingerprint density at radius 1 is 0.938 bits per heavy atom. The minimum absolute atomic E-state index is 0.0279. The van der Waals surface area contributed by atoms with E-state index in [0.29, 0.717) is 19.4 Å². The van der Waals surface area contributed by atoms with Gasteiger partial charge in [-0.1, -0.05) is 84.4 Å². The van der Waals surface area contributed by atoms with Crippen molar-refractivity contribution >= 4 is 11.8 Å². The molecule has 4 rings (SSSR count). The van der Waals surface area contributed by atoms with Crippen molar-refractivity contribution in [1.29, 1.82) is 0 Å². The van der Waals surface area contributed by atoms with Gasteiger partial charge in [-0.05, 0) is 29.2 Å². The molecular formula is C27H28N2O3. The Kier molecular flexibility index (Phi) is 6.37. The van der Waals surface area contributed by atoms with Gasteiger partial charge in [0.25, 0.3) is 5.91 Å². The van der Waals surface area contributed by atoms with Crippen molar-refractivity contribution in [2.45, 2.75) is 25.4 Å². The average Bonchev–Trinajstić information content (AvgIpc) is 2.80. The van der Waals surface area contributed by atoms with Crippen LogP contribution in [0.25, 0.3) is 11.1 Å². The highest BCUT2D eigenvalue weighted by Gasteiger charge is 2.43. The first-order valence-electron chi connectivity index (χ1n) is 10.9. The summed E-state index contributed by atoms with van der Waals surface area (Å²) in [6, 6.07) is 26.0. The third-order valence-electron chi connectivity index (χ3n) is 5.98. The first kappa shape index (κ1) is 21.8. The molecule has 0 bridgehead atoms. The number of hydrogen-bond donors (Lipinski definition) is 1. The molecular weight excluding hydrogens is 400 g/mol. The first-order chi connectivity index (χ1) is 15.4. The first-order valence-corrected chi connectivity index (χ1v) is 10.9. The Morgan fingerprint density at radius 2 is 1.69 bits per heavy atom. The van der Waals surface area contributed by atoms with Crippen LogP contribution >= 0.6 is 0 Å². The summed E-state index contributed by atoms with van der Waals surface area (Å²) < 4.78 is 5.92. The van der Waals surface area contributed by atoms with Gasteiger partial charge >= 0.3 is 0 Å². The van der Waals surface area contributed by atoms with Gasteiger partial charge in [0.15, 0.2) is 5.60 Å². The summed E-state index contributed by atoms with van der Waals surface area (Å²) in [5.41, 5.74) is 9.92. The van der Waals surface area contributed by atoms with Crippen molar-refractivity contribution in [1.82, 2.24) is 4.90 Å². The zero-order valence-corrected chi connectivity index (χ0v) is 18.3. The van der Waals surface area contributed by atoms with Crippen LogP contribution in [0.3, 0.4) is 0 Å². The van der Waals surface area contributed by atoms with E-state index in [0.717, 1.165) is 22.3 Å². The number of rotatable bonds is 6. The summed E-state index contributed by atoms with van der Waals surface area (Å²) in [4.78, 5) is 27.1. The second kappa shape index (κ2) is 9.37. The maximum atomic E-state index is 12.9. The summed E-state index contributed by atoms with van der Waals surface area (Å²) in [5.74, 6) is -0.572. The number of hydrogen-bond acceptors (Lipinski definition) is 3. The van der Waals surface area contributed by atoms with Gasteiger partial charge in [-0.15, -0.1) is 0 Å². The molecule has 32 heavy (non-hydrogen) atoms. The smallest absolute Gasteiger partial charge is 0.251 e. The molecule has 1 aliphatic heterocycles. The Hall–Kier alpha value is -3.44. The fourth-order valence-electron chi connectivity index (χ4n) is 4.19. The second-order valence-electron chi connectivity index (χ2n) is 8.43. The number of aryl methyl sites for hydroxylation is 1. The van der Waals surface area contributed by atoms with Crippen LogP contribution < -0.4 is 5.73 Å². The fourth-order valence-corrected chi connectivity index (χ4v) is 4.19. The SMILES string of the molecule is Cc1cccc(-c2ccc(CC3(C(N)=O)CN(C(=O)Cc4ccccc4)CCO3)cc2)c1. The standard InChI is InChI=1S/C27H28N2O3/c1-20-6-5-9-24(16-20)23-12-10-22(11-13-23)18-27(26(28)31)19-29(14-15-32-27)25(30)17-21-7-3-2-4-8-21/h2-13,16H,14-15,17-19H2,1H3,(H2,28,31). The Morgan fingerprint density at radius 3 is 2.38 bits per heavy atom. The van der Waals surface area contributed by atoms with Crippen molar-refractivity contribution in [3.8, 4) is 11.1 Å². The molecule has 1 unspecified atom stereocenters. The normalized spacial score (nSPS) is 18.3. The molecule has 1 atom stereocenters. The van der Waals surface area contributed by atoms with Gasteiger partial charge in [0, 0.05) is 13.0 Å². The van der Waals surface area contributed by atoms with Crippen molar-refractivity contribution in [2.24, 2.45) is 5.73 Å². The predicted molar refractivity (Wildman–Crippen MR) is 125 cm³/mol. The highest BCUT2D eigenvalue weighted by molar-refractivity contribution is 5.86. The lowest BCUT2D eigenvalue weighted by atomic mass is 9.90. The van der Waals surface area contributed by atoms with Crippen LogP contribution in [-0.2, 0) is 27.2 Å². The Bertz CT molecular complexity index is 1100. The van der Waals surface area contributed by atoms with E-state index >= 15 is 0 Å². The van der Waals surface area contributed by atoms with Gasteiger partial charge in [0.05, 0.1) is 19.6 Å². The van der Waals surface area contributed by atoms with Crippen molar-refractivity contribution in [2.75, 3.05) is 19.7 Å². The third-order valence-corrected chi connectivity index (χ3v) is 5.98. The van der Waals surface area contributed by atoms with Crippen LogP contribution in [0, 0.1) is 6.92 Å². The van der Waals surface area contributed by atoms with Crippen LogP contribution in [0.4, 0.5) is 0 Å². The van der Waals surface area contributed by atoms with Crippen molar-refractivity contribution in [3.63, 3.8) is 0 Å². The van der Waals surface area contributed by atoms with Crippen LogP contribution in [0.2, 0.25) is 0 Å². The van der Waals surface area contributed by atoms with E-state index in [1.54, 1.807) is 4.90 Å². The molecule has 1 fully saturated rings. The summed E-state index contributed by atoms with van der Waals surface area (Å²) in [6.45, 7) is 2.96. The van der Waals surface area contributed by atoms with E-state index in [4.69, 9.17) is 10.5 Å². The minimum atomic E-state index is -1.23. The van der Waals surface area contributed by atoms with Crippen molar-refractivity contribution < 1.29 is 14.3 Å². The molecule has 0 saturated carbocycles. The molecule has 1 saturated heterocycles. The summed E-state index contributed by atoms with van der Waals surface area (Å²) in [5, 5.41) is 0. The number of primary amides is 1. The average molecular weight is 429 g/mol. The Labute approximate surface area is 188 Å². The van der Waals surface area contributed by atoms with Gasteiger partial charge < -0.3 is 15.4 Å². The van der Waals surface area contributed by atoms with E-state index in [2.05, 4.69) is 25.1 Å². The summed E-state index contributed by atoms with van der Waals surface area (Å²) in [7, 11) is 0. The van der Waals surface area contributed by atoms with Gasteiger partial charge in [-0.3, -0.25) is 9.59 Å². The Balaban J connectivity index is 1.49. The summed E-state index contributed by atoms with van der Waals surface area (Å²) in [6.07, 6.45) is 0.617. The van der Waals surface area contributed by atoms with Crippen LogP contribution in [0.1, 0.15) is 16.7 Å². The van der Waals surface area contributed by atoms with Gasteiger partial charge in [-0.2, -0.15) is 0 Å². The van der Waals surface area contributed by atoms with Crippen LogP contribution in [0.15, 0.2) is 78.9 Å². The number of carbonyl (C=O) groups excluding carboxylic acids is 2. The lowest BCUT2D eigenvalue weighted by Crippen LogP contribution is -2.61. The molecule has 164 valence electrons. The van der Waals surface area contributed by atoms with Gasteiger partial charge in [0.1, 0.15) is 0 Å². The van der Waals surface area contributed by atoms with Gasteiger partial charge in [0.2, 0.25) is 5.91 Å². The molecule has 2 amide bonds. The lowest BCUT2D eigenvalue weighted by molar-refractivity contribution is -0.163. The monoisotopic (exact) mass is 428 g/mol. The van der Waals surface area contributed by atoms with E-state index in [9.17, 15) is 9.59 Å². The second-order valence-corrected chi connectivity index (χ2v) is 8.43. The minimum Gasteiger partial charge on any atom is -0.367 e.